The lowest BCUT2D eigenvalue weighted by molar-refractivity contribution is -0.116. The van der Waals surface area contributed by atoms with Crippen LogP contribution in [0.3, 0.4) is 0 Å². The molecule has 6 nitrogen and oxygen atoms in total. The van der Waals surface area contributed by atoms with E-state index in [0.717, 1.165) is 15.7 Å². The number of anilines is 1. The second-order valence-electron chi connectivity index (χ2n) is 7.32. The first-order valence-corrected chi connectivity index (χ1v) is 10.1. The van der Waals surface area contributed by atoms with Gasteiger partial charge in [0.25, 0.3) is 5.56 Å². The minimum absolute atomic E-state index is 0.0581. The third-order valence-corrected chi connectivity index (χ3v) is 5.20. The fourth-order valence-electron chi connectivity index (χ4n) is 3.55. The summed E-state index contributed by atoms with van der Waals surface area (Å²) in [5.74, 6) is -0.356. The zero-order valence-corrected chi connectivity index (χ0v) is 17.6. The molecule has 0 aliphatic carbocycles. The predicted molar refractivity (Wildman–Crippen MR) is 123 cm³/mol. The SMILES string of the molecule is Cc1cccc(NC(=O)Cn2c(=O)n(Cc3cccc(Cl)c3)c(=O)c3ccccc32)c1. The van der Waals surface area contributed by atoms with Gasteiger partial charge in [-0.1, -0.05) is 48.0 Å². The maximum atomic E-state index is 13.2. The van der Waals surface area contributed by atoms with Gasteiger partial charge in [0.1, 0.15) is 6.54 Å². The van der Waals surface area contributed by atoms with E-state index in [1.807, 2.05) is 25.1 Å². The number of rotatable bonds is 5. The zero-order valence-electron chi connectivity index (χ0n) is 16.8. The number of para-hydroxylation sites is 1. The summed E-state index contributed by atoms with van der Waals surface area (Å²) >= 11 is 6.05. The molecule has 0 saturated heterocycles. The molecule has 1 N–H and O–H groups in total. The number of nitrogens with zero attached hydrogens (tertiary/aromatic N) is 2. The van der Waals surface area contributed by atoms with Gasteiger partial charge in [-0.25, -0.2) is 4.79 Å². The highest BCUT2D eigenvalue weighted by atomic mass is 35.5. The molecule has 0 aliphatic heterocycles. The molecule has 0 unspecified atom stereocenters. The number of hydrogen-bond acceptors (Lipinski definition) is 3. The minimum atomic E-state index is -0.553. The van der Waals surface area contributed by atoms with E-state index >= 15 is 0 Å². The second kappa shape index (κ2) is 8.62. The summed E-state index contributed by atoms with van der Waals surface area (Å²) in [5.41, 5.74) is 1.83. The number of nitrogens with one attached hydrogen (secondary N) is 1. The van der Waals surface area contributed by atoms with Crippen molar-refractivity contribution >= 4 is 34.1 Å². The Morgan fingerprint density at radius 2 is 1.71 bits per heavy atom. The van der Waals surface area contributed by atoms with Gasteiger partial charge in [-0.3, -0.25) is 18.7 Å². The Kier molecular flexibility index (Phi) is 5.73. The largest absolute Gasteiger partial charge is 0.332 e. The summed E-state index contributed by atoms with van der Waals surface area (Å²) in [5, 5.41) is 3.70. The highest BCUT2D eigenvalue weighted by Gasteiger charge is 2.16. The molecule has 0 bridgehead atoms. The molecule has 0 atom stereocenters. The number of hydrogen-bond donors (Lipinski definition) is 1. The van der Waals surface area contributed by atoms with Crippen LogP contribution in [0, 0.1) is 6.92 Å². The van der Waals surface area contributed by atoms with Crippen molar-refractivity contribution in [2.75, 3.05) is 5.32 Å². The van der Waals surface area contributed by atoms with E-state index in [1.165, 1.54) is 4.57 Å². The average molecular weight is 434 g/mol. The number of aryl methyl sites for hydroxylation is 1. The van der Waals surface area contributed by atoms with E-state index in [-0.39, 0.29) is 19.0 Å². The molecular formula is C24H20ClN3O3. The van der Waals surface area contributed by atoms with Crippen molar-refractivity contribution in [1.82, 2.24) is 9.13 Å². The normalized spacial score (nSPS) is 10.9. The smallest absolute Gasteiger partial charge is 0.325 e. The Morgan fingerprint density at radius 1 is 0.935 bits per heavy atom. The van der Waals surface area contributed by atoms with Crippen molar-refractivity contribution in [3.8, 4) is 0 Å². The van der Waals surface area contributed by atoms with Gasteiger partial charge >= 0.3 is 5.69 Å². The second-order valence-corrected chi connectivity index (χ2v) is 7.76. The monoisotopic (exact) mass is 433 g/mol. The highest BCUT2D eigenvalue weighted by molar-refractivity contribution is 6.30. The molecular weight excluding hydrogens is 414 g/mol. The van der Waals surface area contributed by atoms with E-state index in [0.29, 0.717) is 21.6 Å². The Morgan fingerprint density at radius 3 is 2.48 bits per heavy atom. The molecule has 156 valence electrons. The minimum Gasteiger partial charge on any atom is -0.325 e. The number of carbonyl (C=O) groups is 1. The van der Waals surface area contributed by atoms with Crippen molar-refractivity contribution in [2.45, 2.75) is 20.0 Å². The van der Waals surface area contributed by atoms with Crippen LogP contribution in [0.2, 0.25) is 5.02 Å². The Balaban J connectivity index is 1.76. The molecule has 7 heteroatoms. The van der Waals surface area contributed by atoms with Crippen LogP contribution in [0.1, 0.15) is 11.1 Å². The molecule has 3 aromatic carbocycles. The van der Waals surface area contributed by atoms with Crippen LogP contribution >= 0.6 is 11.6 Å². The van der Waals surface area contributed by atoms with Gasteiger partial charge in [-0.2, -0.15) is 0 Å². The lowest BCUT2D eigenvalue weighted by Gasteiger charge is -2.14. The number of benzene rings is 3. The fourth-order valence-corrected chi connectivity index (χ4v) is 3.76. The Bertz CT molecular complexity index is 1410. The maximum Gasteiger partial charge on any atom is 0.332 e. The van der Waals surface area contributed by atoms with Crippen molar-refractivity contribution in [3.05, 3.63) is 110 Å². The molecule has 1 aromatic heterocycles. The van der Waals surface area contributed by atoms with E-state index < -0.39 is 11.2 Å². The van der Waals surface area contributed by atoms with Crippen LogP contribution in [-0.2, 0) is 17.9 Å². The van der Waals surface area contributed by atoms with Crippen LogP contribution in [0.15, 0.2) is 82.4 Å². The molecule has 4 aromatic rings. The number of aromatic nitrogens is 2. The van der Waals surface area contributed by atoms with Gasteiger partial charge in [0.15, 0.2) is 0 Å². The van der Waals surface area contributed by atoms with Gasteiger partial charge in [0.2, 0.25) is 5.91 Å². The maximum absolute atomic E-state index is 13.2. The Labute approximate surface area is 183 Å². The van der Waals surface area contributed by atoms with Crippen molar-refractivity contribution in [1.29, 1.82) is 0 Å². The lowest BCUT2D eigenvalue weighted by atomic mass is 10.2. The summed E-state index contributed by atoms with van der Waals surface area (Å²) in [6, 6.07) is 21.2. The predicted octanol–water partition coefficient (Wildman–Crippen LogP) is 3.81. The van der Waals surface area contributed by atoms with E-state index in [9.17, 15) is 14.4 Å². The summed E-state index contributed by atoms with van der Waals surface area (Å²) in [4.78, 5) is 39.0. The molecule has 1 heterocycles. The van der Waals surface area contributed by atoms with Crippen LogP contribution < -0.4 is 16.6 Å². The third-order valence-electron chi connectivity index (χ3n) is 4.97. The zero-order chi connectivity index (χ0) is 22.0. The van der Waals surface area contributed by atoms with Crippen LogP contribution in [0.4, 0.5) is 5.69 Å². The van der Waals surface area contributed by atoms with Crippen LogP contribution in [-0.4, -0.2) is 15.0 Å². The van der Waals surface area contributed by atoms with Crippen molar-refractivity contribution < 1.29 is 4.79 Å². The van der Waals surface area contributed by atoms with Crippen LogP contribution in [0.5, 0.6) is 0 Å². The van der Waals surface area contributed by atoms with E-state index in [4.69, 9.17) is 11.6 Å². The fraction of sp³-hybridized carbons (Fsp3) is 0.125. The molecule has 0 saturated carbocycles. The van der Waals surface area contributed by atoms with Gasteiger partial charge in [0.05, 0.1) is 17.4 Å². The Hall–Kier alpha value is -3.64. The number of fused-ring (bicyclic) bond motifs is 1. The standard InChI is InChI=1S/C24H20ClN3O3/c1-16-6-4-9-19(12-16)26-22(29)15-27-21-11-3-2-10-20(21)23(30)28(24(27)31)14-17-7-5-8-18(25)13-17/h2-13H,14-15H2,1H3,(H,26,29). The lowest BCUT2D eigenvalue weighted by Crippen LogP contribution is -2.42. The number of carbonyl (C=O) groups excluding carboxylic acids is 1. The summed E-state index contributed by atoms with van der Waals surface area (Å²) in [6.45, 7) is 1.77. The van der Waals surface area contributed by atoms with Gasteiger partial charge in [-0.15, -0.1) is 0 Å². The average Bonchev–Trinajstić information content (AvgIpc) is 2.74. The van der Waals surface area contributed by atoms with Crippen molar-refractivity contribution in [2.24, 2.45) is 0 Å². The summed E-state index contributed by atoms with van der Waals surface area (Å²) < 4.78 is 2.46. The first-order valence-electron chi connectivity index (χ1n) is 9.76. The third kappa shape index (κ3) is 4.44. The first kappa shape index (κ1) is 20.6. The number of halogens is 1. The van der Waals surface area contributed by atoms with Gasteiger partial charge < -0.3 is 5.32 Å². The molecule has 0 fully saturated rings. The molecule has 0 aliphatic rings. The van der Waals surface area contributed by atoms with Crippen molar-refractivity contribution in [3.63, 3.8) is 0 Å². The molecule has 1 amide bonds. The molecule has 4 rings (SSSR count). The van der Waals surface area contributed by atoms with Crippen LogP contribution in [0.25, 0.3) is 10.9 Å². The number of amides is 1. The van der Waals surface area contributed by atoms with E-state index in [1.54, 1.807) is 54.6 Å². The molecule has 31 heavy (non-hydrogen) atoms. The topological polar surface area (TPSA) is 73.1 Å². The van der Waals surface area contributed by atoms with E-state index in [2.05, 4.69) is 5.32 Å². The first-order chi connectivity index (χ1) is 14.9. The summed E-state index contributed by atoms with van der Waals surface area (Å²) in [7, 11) is 0. The van der Waals surface area contributed by atoms with Gasteiger partial charge in [0, 0.05) is 10.7 Å². The molecule has 0 spiro atoms. The highest BCUT2D eigenvalue weighted by Crippen LogP contribution is 2.13. The van der Waals surface area contributed by atoms with Gasteiger partial charge in [-0.05, 0) is 54.4 Å². The summed E-state index contributed by atoms with van der Waals surface area (Å²) in [6.07, 6.45) is 0. The molecule has 0 radical (unpaired) electrons. The quantitative estimate of drug-likeness (QED) is 0.520.